The molecule has 1 aliphatic carbocycles. The van der Waals surface area contributed by atoms with E-state index in [9.17, 15) is 29.5 Å². The maximum atomic E-state index is 13.9. The highest BCUT2D eigenvalue weighted by Gasteiger charge is 2.64. The number of likely N-dealkylation sites (tertiary alicyclic amines) is 1. The van der Waals surface area contributed by atoms with Gasteiger partial charge in [-0.2, -0.15) is 10.4 Å². The Hall–Kier alpha value is -6.02. The van der Waals surface area contributed by atoms with E-state index < -0.39 is 35.4 Å². The number of H-pyrrole nitrogens is 1. The number of hydrogen-bond donors (Lipinski definition) is 6. The minimum absolute atomic E-state index is 0.0188. The van der Waals surface area contributed by atoms with Gasteiger partial charge in [0.05, 0.1) is 16.7 Å². The summed E-state index contributed by atoms with van der Waals surface area (Å²) in [4.78, 5) is 59.2. The van der Waals surface area contributed by atoms with Gasteiger partial charge in [-0.3, -0.25) is 24.3 Å². The number of halogens is 1. The van der Waals surface area contributed by atoms with Crippen LogP contribution in [-0.4, -0.2) is 105 Å². The van der Waals surface area contributed by atoms with Gasteiger partial charge in [0.2, 0.25) is 17.7 Å². The largest absolute Gasteiger partial charge is 0.489 e. The molecule has 3 atom stereocenters. The normalized spacial score (nSPS) is 20.0. The van der Waals surface area contributed by atoms with Crippen molar-refractivity contribution in [1.29, 1.82) is 5.26 Å². The van der Waals surface area contributed by atoms with Crippen LogP contribution in [0.5, 0.6) is 5.75 Å². The number of ether oxygens (including phenoxy) is 2. The van der Waals surface area contributed by atoms with Crippen LogP contribution in [0.4, 0.5) is 5.69 Å². The Balaban J connectivity index is 0.875. The highest BCUT2D eigenvalue weighted by molar-refractivity contribution is 6.31. The van der Waals surface area contributed by atoms with Crippen LogP contribution in [0.25, 0.3) is 11.4 Å². The predicted molar refractivity (Wildman–Crippen MR) is 250 cm³/mol. The molecule has 0 bridgehead atoms. The van der Waals surface area contributed by atoms with E-state index in [4.69, 9.17) is 21.1 Å². The van der Waals surface area contributed by atoms with Gasteiger partial charge < -0.3 is 40.7 Å². The number of aromatic amines is 1. The van der Waals surface area contributed by atoms with E-state index >= 15 is 0 Å². The number of nitrogens with one attached hydrogen (secondary N) is 5. The number of β-amino-alcohol motifs (C(OH)–C–C–N with tert-alkyl or cyclic N) is 1. The molecule has 2 fully saturated rings. The van der Waals surface area contributed by atoms with Crippen molar-refractivity contribution < 1.29 is 33.8 Å². The molecule has 6 rings (SSSR count). The Kier molecular flexibility index (Phi) is 15.8. The SMILES string of the molecule is CC1(C)C(NC(=O)c2ccc(NCCCCCOCC(=O)N[C@H](C(=O)N3C[C@H](O)C[C@H]3C(=O)NCc3ccc(-c4ncn[nH]4)cc3)C(C)(C)C)cc2)C(C)(C)C1Oc1ccc(C#N)c(Cl)c1. The molecule has 2 aliphatic rings. The number of carbonyl (C=O) groups is 4. The van der Waals surface area contributed by atoms with Crippen LogP contribution < -0.4 is 26.0 Å². The molecular weight excluding hydrogens is 862 g/mol. The van der Waals surface area contributed by atoms with Gasteiger partial charge in [-0.15, -0.1) is 0 Å². The second kappa shape index (κ2) is 21.1. The minimum atomic E-state index is -0.954. The third-order valence-electron chi connectivity index (χ3n) is 12.5. The lowest BCUT2D eigenvalue weighted by Crippen LogP contribution is -2.74. The van der Waals surface area contributed by atoms with Crippen molar-refractivity contribution in [3.05, 3.63) is 94.8 Å². The second-order valence-corrected chi connectivity index (χ2v) is 19.8. The summed E-state index contributed by atoms with van der Waals surface area (Å²) in [5.41, 5.74) is 2.08. The number of hydrogen-bond acceptors (Lipinski definition) is 11. The first-order valence-corrected chi connectivity index (χ1v) is 22.8. The molecule has 66 heavy (non-hydrogen) atoms. The van der Waals surface area contributed by atoms with E-state index in [2.05, 4.69) is 70.2 Å². The lowest BCUT2D eigenvalue weighted by Gasteiger charge is -2.63. The van der Waals surface area contributed by atoms with Crippen molar-refractivity contribution in [2.24, 2.45) is 16.2 Å². The second-order valence-electron chi connectivity index (χ2n) is 19.4. The van der Waals surface area contributed by atoms with Crippen molar-refractivity contribution in [1.82, 2.24) is 36.0 Å². The van der Waals surface area contributed by atoms with Crippen LogP contribution in [0.1, 0.15) is 95.6 Å². The number of rotatable bonds is 19. The number of benzene rings is 3. The summed E-state index contributed by atoms with van der Waals surface area (Å²) in [5.74, 6) is -0.226. The standard InChI is InChI=1S/C49H62ClN9O7/c1-47(2,3)40(44(64)59-27-35(60)23-38(59)43(63)53-26-30-11-13-31(14-12-30)41-54-29-55-58-41)56-39(61)28-65-22-10-8-9-21-52-34-18-15-32(16-19-34)42(62)57-45-48(4,5)46(49(45,6)7)66-36-20-17-33(25-51)37(50)24-36/h11-20,24,29,35,38,40,45-46,52,60H,8-10,21-23,26-28H2,1-7H3,(H,53,63)(H,56,61)(H,57,62)(H,54,55,58)/t35-,38+,40-,45?,46?/m1/s1. The molecule has 6 N–H and O–H groups in total. The van der Waals surface area contributed by atoms with Crippen molar-refractivity contribution in [2.45, 2.75) is 111 Å². The molecule has 2 heterocycles. The van der Waals surface area contributed by atoms with E-state index in [1.54, 1.807) is 30.3 Å². The predicted octanol–water partition coefficient (Wildman–Crippen LogP) is 6.02. The first kappa shape index (κ1) is 49.4. The fraction of sp³-hybridized carbons (Fsp3) is 0.490. The van der Waals surface area contributed by atoms with E-state index in [0.29, 0.717) is 40.9 Å². The number of carbonyl (C=O) groups excluding carboxylic acids is 4. The van der Waals surface area contributed by atoms with Crippen LogP contribution in [0, 0.1) is 27.6 Å². The lowest BCUT2D eigenvalue weighted by atomic mass is 9.49. The molecule has 1 aliphatic heterocycles. The van der Waals surface area contributed by atoms with Crippen LogP contribution in [0.15, 0.2) is 73.1 Å². The summed E-state index contributed by atoms with van der Waals surface area (Å²) in [7, 11) is 0. The Morgan fingerprint density at radius 2 is 1.71 bits per heavy atom. The summed E-state index contributed by atoms with van der Waals surface area (Å²) in [6, 6.07) is 19.9. The van der Waals surface area contributed by atoms with Crippen LogP contribution in [0.3, 0.4) is 0 Å². The van der Waals surface area contributed by atoms with Crippen molar-refractivity contribution in [3.8, 4) is 23.2 Å². The van der Waals surface area contributed by atoms with Crippen molar-refractivity contribution in [3.63, 3.8) is 0 Å². The average Bonchev–Trinajstić information content (AvgIpc) is 3.97. The molecule has 17 heteroatoms. The maximum Gasteiger partial charge on any atom is 0.251 e. The van der Waals surface area contributed by atoms with E-state index in [1.165, 1.54) is 11.2 Å². The monoisotopic (exact) mass is 923 g/mol. The van der Waals surface area contributed by atoms with Crippen LogP contribution >= 0.6 is 11.6 Å². The summed E-state index contributed by atoms with van der Waals surface area (Å²) in [6.45, 7) is 14.8. The Labute approximate surface area is 391 Å². The van der Waals surface area contributed by atoms with Gasteiger partial charge in [-0.05, 0) is 66.6 Å². The molecule has 4 aromatic rings. The number of amides is 4. The number of aromatic nitrogens is 3. The van der Waals surface area contributed by atoms with Gasteiger partial charge in [0.25, 0.3) is 5.91 Å². The number of nitrogens with zero attached hydrogens (tertiary/aromatic N) is 4. The Morgan fingerprint density at radius 1 is 1.00 bits per heavy atom. The fourth-order valence-corrected chi connectivity index (χ4v) is 9.42. The highest BCUT2D eigenvalue weighted by atomic mass is 35.5. The molecule has 16 nitrogen and oxygen atoms in total. The topological polar surface area (TPSA) is 224 Å². The van der Waals surface area contributed by atoms with E-state index in [1.807, 2.05) is 57.2 Å². The molecule has 4 amide bonds. The molecule has 1 aromatic heterocycles. The first-order valence-electron chi connectivity index (χ1n) is 22.4. The van der Waals surface area contributed by atoms with E-state index in [-0.39, 0.29) is 60.9 Å². The Morgan fingerprint density at radius 3 is 2.35 bits per heavy atom. The average molecular weight is 925 g/mol. The van der Waals surface area contributed by atoms with Gasteiger partial charge in [0, 0.05) is 72.4 Å². The smallest absolute Gasteiger partial charge is 0.251 e. The number of anilines is 1. The third kappa shape index (κ3) is 11.9. The van der Waals surface area contributed by atoms with Crippen molar-refractivity contribution >= 4 is 40.9 Å². The van der Waals surface area contributed by atoms with Gasteiger partial charge in [0.15, 0.2) is 5.82 Å². The Bertz CT molecular complexity index is 2340. The summed E-state index contributed by atoms with van der Waals surface area (Å²) in [6.07, 6.45) is 2.87. The van der Waals surface area contributed by atoms with Gasteiger partial charge >= 0.3 is 0 Å². The molecule has 1 saturated heterocycles. The molecule has 352 valence electrons. The van der Waals surface area contributed by atoms with Crippen LogP contribution in [0.2, 0.25) is 5.02 Å². The third-order valence-corrected chi connectivity index (χ3v) is 12.8. The molecule has 0 spiro atoms. The summed E-state index contributed by atoms with van der Waals surface area (Å²) < 4.78 is 12.0. The summed E-state index contributed by atoms with van der Waals surface area (Å²) >= 11 is 6.23. The zero-order valence-corrected chi connectivity index (χ0v) is 39.5. The fourth-order valence-electron chi connectivity index (χ4n) is 9.21. The number of unbranched alkanes of at least 4 members (excludes halogenated alkanes) is 2. The zero-order chi connectivity index (χ0) is 47.8. The van der Waals surface area contributed by atoms with Crippen molar-refractivity contribution in [2.75, 3.05) is 31.6 Å². The van der Waals surface area contributed by atoms with Crippen LogP contribution in [-0.2, 0) is 25.7 Å². The zero-order valence-electron chi connectivity index (χ0n) is 38.7. The maximum absolute atomic E-state index is 13.9. The quantitative estimate of drug-likeness (QED) is 0.0597. The number of aliphatic hydroxyl groups excluding tert-OH is 1. The van der Waals surface area contributed by atoms with E-state index in [0.717, 1.165) is 36.1 Å². The lowest BCUT2D eigenvalue weighted by molar-refractivity contribution is -0.164. The number of nitriles is 1. The summed E-state index contributed by atoms with van der Waals surface area (Å²) in [5, 5.41) is 39.1. The molecule has 3 aromatic carbocycles. The minimum Gasteiger partial charge on any atom is -0.489 e. The molecule has 1 saturated carbocycles. The van der Waals surface area contributed by atoms with Gasteiger partial charge in [0.1, 0.15) is 42.9 Å². The van der Waals surface area contributed by atoms with Gasteiger partial charge in [-0.25, -0.2) is 4.98 Å². The highest BCUT2D eigenvalue weighted by Crippen LogP contribution is 2.55. The van der Waals surface area contributed by atoms with Gasteiger partial charge in [-0.1, -0.05) is 84.3 Å². The molecule has 0 radical (unpaired) electrons. The molecule has 0 unspecified atom stereocenters. The number of aliphatic hydroxyl groups is 1. The first-order chi connectivity index (χ1) is 31.3. The molecular formula is C49H62ClN9O7.